The quantitative estimate of drug-likeness (QED) is 0.879. The molecule has 1 saturated heterocycles. The summed E-state index contributed by atoms with van der Waals surface area (Å²) in [7, 11) is 1.84. The summed E-state index contributed by atoms with van der Waals surface area (Å²) in [5.41, 5.74) is 0.494. The molecule has 1 N–H and O–H groups in total. The summed E-state index contributed by atoms with van der Waals surface area (Å²) in [4.78, 5) is 14.1. The van der Waals surface area contributed by atoms with Crippen LogP contribution in [0.3, 0.4) is 0 Å². The van der Waals surface area contributed by atoms with E-state index in [-0.39, 0.29) is 5.91 Å². The van der Waals surface area contributed by atoms with Crippen molar-refractivity contribution in [3.05, 3.63) is 18.0 Å². The number of rotatable bonds is 4. The molecule has 100 valence electrons. The number of nitrogens with one attached hydrogen (secondary N) is 1. The summed E-state index contributed by atoms with van der Waals surface area (Å²) in [6.45, 7) is 3.29. The lowest BCUT2D eigenvalue weighted by Crippen LogP contribution is -2.49. The molecule has 5 heteroatoms. The van der Waals surface area contributed by atoms with Crippen LogP contribution in [0.15, 0.2) is 12.4 Å². The molecule has 2 heterocycles. The fourth-order valence-electron chi connectivity index (χ4n) is 2.32. The van der Waals surface area contributed by atoms with Gasteiger partial charge in [0.2, 0.25) is 0 Å². The van der Waals surface area contributed by atoms with E-state index in [1.54, 1.807) is 11.1 Å². The van der Waals surface area contributed by atoms with E-state index in [0.717, 1.165) is 31.2 Å². The monoisotopic (exact) mass is 251 g/mol. The Bertz CT molecular complexity index is 383. The van der Waals surface area contributed by atoms with Gasteiger partial charge in [-0.15, -0.1) is 0 Å². The van der Waals surface area contributed by atoms with Crippen molar-refractivity contribution < 1.29 is 9.53 Å². The molecule has 1 fully saturated rings. The standard InChI is InChI=1S/C13H21N3O2/c1-13(6-3-4-8-18-13)12(17)16(2)7-5-11-9-14-15-10-11/h9-10H,3-8H2,1-2H3,(H,14,15). The van der Waals surface area contributed by atoms with Crippen molar-refractivity contribution >= 4 is 5.91 Å². The Balaban J connectivity index is 1.87. The smallest absolute Gasteiger partial charge is 0.254 e. The first-order valence-corrected chi connectivity index (χ1v) is 6.49. The molecule has 0 spiro atoms. The number of hydrogen-bond donors (Lipinski definition) is 1. The minimum Gasteiger partial charge on any atom is -0.365 e. The minimum atomic E-state index is -0.622. The normalized spacial score (nSPS) is 23.9. The highest BCUT2D eigenvalue weighted by atomic mass is 16.5. The van der Waals surface area contributed by atoms with Crippen molar-refractivity contribution in [1.29, 1.82) is 0 Å². The molecule has 5 nitrogen and oxygen atoms in total. The first-order chi connectivity index (χ1) is 8.62. The number of nitrogens with zero attached hydrogens (tertiary/aromatic N) is 2. The summed E-state index contributed by atoms with van der Waals surface area (Å²) >= 11 is 0. The van der Waals surface area contributed by atoms with Crippen LogP contribution in [0.2, 0.25) is 0 Å². The van der Waals surface area contributed by atoms with Gasteiger partial charge in [0.05, 0.1) is 6.20 Å². The fraction of sp³-hybridized carbons (Fsp3) is 0.692. The molecular weight excluding hydrogens is 230 g/mol. The zero-order valence-electron chi connectivity index (χ0n) is 11.1. The van der Waals surface area contributed by atoms with Crippen LogP contribution in [0.1, 0.15) is 31.7 Å². The van der Waals surface area contributed by atoms with Gasteiger partial charge in [-0.3, -0.25) is 9.89 Å². The lowest BCUT2D eigenvalue weighted by molar-refractivity contribution is -0.160. The minimum absolute atomic E-state index is 0.0886. The zero-order valence-corrected chi connectivity index (χ0v) is 11.1. The van der Waals surface area contributed by atoms with Gasteiger partial charge in [0.15, 0.2) is 0 Å². The number of carbonyl (C=O) groups excluding carboxylic acids is 1. The Morgan fingerprint density at radius 1 is 1.61 bits per heavy atom. The lowest BCUT2D eigenvalue weighted by Gasteiger charge is -2.35. The summed E-state index contributed by atoms with van der Waals surface area (Å²) < 4.78 is 5.68. The maximum absolute atomic E-state index is 12.4. The topological polar surface area (TPSA) is 58.2 Å². The van der Waals surface area contributed by atoms with E-state index in [1.165, 1.54) is 0 Å². The lowest BCUT2D eigenvalue weighted by atomic mass is 9.94. The molecule has 1 amide bonds. The molecule has 1 atom stereocenters. The number of likely N-dealkylation sites (N-methyl/N-ethyl adjacent to an activating group) is 1. The van der Waals surface area contributed by atoms with Gasteiger partial charge in [-0.1, -0.05) is 0 Å². The van der Waals surface area contributed by atoms with Crippen LogP contribution in [-0.4, -0.2) is 46.8 Å². The second-order valence-corrected chi connectivity index (χ2v) is 5.12. The molecule has 1 aromatic rings. The molecule has 1 aromatic heterocycles. The van der Waals surface area contributed by atoms with Crippen LogP contribution in [0.25, 0.3) is 0 Å². The molecule has 0 bridgehead atoms. The van der Waals surface area contributed by atoms with Crippen LogP contribution in [0.5, 0.6) is 0 Å². The summed E-state index contributed by atoms with van der Waals surface area (Å²) in [6.07, 6.45) is 7.41. The van der Waals surface area contributed by atoms with Gasteiger partial charge in [-0.25, -0.2) is 0 Å². The second kappa shape index (κ2) is 5.52. The van der Waals surface area contributed by atoms with E-state index in [2.05, 4.69) is 10.2 Å². The van der Waals surface area contributed by atoms with E-state index in [0.29, 0.717) is 13.2 Å². The predicted octanol–water partition coefficient (Wildman–Crippen LogP) is 1.37. The van der Waals surface area contributed by atoms with E-state index in [1.807, 2.05) is 20.2 Å². The van der Waals surface area contributed by atoms with Gasteiger partial charge in [0, 0.05) is 26.4 Å². The average Bonchev–Trinajstić information content (AvgIpc) is 2.89. The molecule has 1 aliphatic rings. The van der Waals surface area contributed by atoms with Crippen LogP contribution in [0.4, 0.5) is 0 Å². The summed E-state index contributed by atoms with van der Waals surface area (Å²) in [5, 5.41) is 6.67. The van der Waals surface area contributed by atoms with Crippen molar-refractivity contribution in [3.8, 4) is 0 Å². The highest BCUT2D eigenvalue weighted by molar-refractivity contribution is 5.84. The predicted molar refractivity (Wildman–Crippen MR) is 68.1 cm³/mol. The molecule has 1 aliphatic heterocycles. The van der Waals surface area contributed by atoms with Crippen LogP contribution < -0.4 is 0 Å². The van der Waals surface area contributed by atoms with Crippen LogP contribution in [0, 0.1) is 0 Å². The van der Waals surface area contributed by atoms with Gasteiger partial charge in [-0.05, 0) is 38.2 Å². The van der Waals surface area contributed by atoms with Crippen molar-refractivity contribution in [2.24, 2.45) is 0 Å². The van der Waals surface area contributed by atoms with E-state index < -0.39 is 5.60 Å². The Hall–Kier alpha value is -1.36. The molecule has 1 unspecified atom stereocenters. The number of carbonyl (C=O) groups is 1. The molecule has 2 rings (SSSR count). The first-order valence-electron chi connectivity index (χ1n) is 6.49. The van der Waals surface area contributed by atoms with Crippen molar-refractivity contribution in [2.45, 2.75) is 38.2 Å². The third kappa shape index (κ3) is 2.90. The SMILES string of the molecule is CN(CCc1cn[nH]c1)C(=O)C1(C)CCCCO1. The Kier molecular flexibility index (Phi) is 4.01. The zero-order chi connectivity index (χ0) is 13.0. The number of hydrogen-bond acceptors (Lipinski definition) is 3. The molecule has 0 aliphatic carbocycles. The van der Waals surface area contributed by atoms with Crippen molar-refractivity contribution in [3.63, 3.8) is 0 Å². The van der Waals surface area contributed by atoms with E-state index in [9.17, 15) is 4.79 Å². The molecule has 0 aromatic carbocycles. The first kappa shape index (κ1) is 13.1. The Morgan fingerprint density at radius 2 is 2.44 bits per heavy atom. The maximum atomic E-state index is 12.4. The molecule has 18 heavy (non-hydrogen) atoms. The van der Waals surface area contributed by atoms with Crippen LogP contribution in [-0.2, 0) is 16.0 Å². The van der Waals surface area contributed by atoms with E-state index in [4.69, 9.17) is 4.74 Å². The highest BCUT2D eigenvalue weighted by Gasteiger charge is 2.37. The Labute approximate surface area is 108 Å². The van der Waals surface area contributed by atoms with E-state index >= 15 is 0 Å². The van der Waals surface area contributed by atoms with Gasteiger partial charge in [0.1, 0.15) is 5.60 Å². The van der Waals surface area contributed by atoms with Gasteiger partial charge >= 0.3 is 0 Å². The molecule has 0 radical (unpaired) electrons. The molecular formula is C13H21N3O2. The third-order valence-electron chi connectivity index (χ3n) is 3.56. The largest absolute Gasteiger partial charge is 0.365 e. The second-order valence-electron chi connectivity index (χ2n) is 5.12. The Morgan fingerprint density at radius 3 is 3.06 bits per heavy atom. The number of aromatic nitrogens is 2. The number of H-pyrrole nitrogens is 1. The van der Waals surface area contributed by atoms with Gasteiger partial charge in [0.25, 0.3) is 5.91 Å². The highest BCUT2D eigenvalue weighted by Crippen LogP contribution is 2.26. The third-order valence-corrected chi connectivity index (χ3v) is 3.56. The van der Waals surface area contributed by atoms with Crippen LogP contribution >= 0.6 is 0 Å². The average molecular weight is 251 g/mol. The van der Waals surface area contributed by atoms with Crippen molar-refractivity contribution in [1.82, 2.24) is 15.1 Å². The van der Waals surface area contributed by atoms with Crippen molar-refractivity contribution in [2.75, 3.05) is 20.2 Å². The van der Waals surface area contributed by atoms with Gasteiger partial charge < -0.3 is 9.64 Å². The fourth-order valence-corrected chi connectivity index (χ4v) is 2.32. The summed E-state index contributed by atoms with van der Waals surface area (Å²) in [6, 6.07) is 0. The molecule has 0 saturated carbocycles. The number of amides is 1. The number of aromatic amines is 1. The maximum Gasteiger partial charge on any atom is 0.254 e. The van der Waals surface area contributed by atoms with Gasteiger partial charge in [-0.2, -0.15) is 5.10 Å². The summed E-state index contributed by atoms with van der Waals surface area (Å²) in [5.74, 6) is 0.0886. The number of ether oxygens (including phenoxy) is 1.